The normalized spacial score (nSPS) is 25.7. The minimum absolute atomic E-state index is 0.0979. The van der Waals surface area contributed by atoms with Crippen LogP contribution in [0.25, 0.3) is 0 Å². The van der Waals surface area contributed by atoms with E-state index in [1.807, 2.05) is 0 Å². The van der Waals surface area contributed by atoms with Gasteiger partial charge in [0, 0.05) is 23.7 Å². The molecule has 2 heterocycles. The van der Waals surface area contributed by atoms with Crippen LogP contribution in [0.5, 0.6) is 17.2 Å². The van der Waals surface area contributed by atoms with Crippen LogP contribution in [-0.4, -0.2) is 45.4 Å². The molecule has 2 N–H and O–H groups in total. The third kappa shape index (κ3) is 3.43. The van der Waals surface area contributed by atoms with E-state index in [1.165, 1.54) is 19.3 Å². The zero-order chi connectivity index (χ0) is 17.1. The summed E-state index contributed by atoms with van der Waals surface area (Å²) < 4.78 is 16.0. The van der Waals surface area contributed by atoms with Gasteiger partial charge in [-0.1, -0.05) is 6.42 Å². The Morgan fingerprint density at radius 2 is 1.62 bits per heavy atom. The van der Waals surface area contributed by atoms with Crippen molar-refractivity contribution in [1.29, 1.82) is 0 Å². The number of fused-ring (bicyclic) bond motifs is 2. The van der Waals surface area contributed by atoms with E-state index >= 15 is 0 Å². The number of benzene rings is 1. The number of amides is 1. The molecule has 2 saturated heterocycles. The van der Waals surface area contributed by atoms with Crippen LogP contribution in [0.3, 0.4) is 0 Å². The molecule has 2 aliphatic heterocycles. The van der Waals surface area contributed by atoms with Crippen molar-refractivity contribution in [3.63, 3.8) is 0 Å². The Hall–Kier alpha value is -1.95. The molecule has 1 aromatic rings. The Labute approximate surface area is 142 Å². The number of carbonyl (C=O) groups is 1. The van der Waals surface area contributed by atoms with Gasteiger partial charge in [-0.3, -0.25) is 4.79 Å². The molecule has 24 heavy (non-hydrogen) atoms. The highest BCUT2D eigenvalue weighted by molar-refractivity contribution is 5.95. The van der Waals surface area contributed by atoms with Gasteiger partial charge in [0.2, 0.25) is 5.75 Å². The van der Waals surface area contributed by atoms with E-state index in [4.69, 9.17) is 14.2 Å². The molecule has 132 valence electrons. The average Bonchev–Trinajstić information content (AvgIpc) is 2.59. The Balaban J connectivity index is 1.75. The summed E-state index contributed by atoms with van der Waals surface area (Å²) in [5.41, 5.74) is 0.521. The highest BCUT2D eigenvalue weighted by Crippen LogP contribution is 2.38. The Kier molecular flexibility index (Phi) is 5.14. The van der Waals surface area contributed by atoms with Crippen molar-refractivity contribution >= 4 is 5.91 Å². The summed E-state index contributed by atoms with van der Waals surface area (Å²) in [6, 6.07) is 4.66. The minimum atomic E-state index is -0.0979. The third-order valence-electron chi connectivity index (χ3n) is 4.98. The van der Waals surface area contributed by atoms with Crippen molar-refractivity contribution in [2.24, 2.45) is 0 Å². The molecule has 0 radical (unpaired) electrons. The lowest BCUT2D eigenvalue weighted by molar-refractivity contribution is 0.0906. The molecule has 6 nitrogen and oxygen atoms in total. The summed E-state index contributed by atoms with van der Waals surface area (Å²) in [6.07, 6.45) is 5.68. The fourth-order valence-electron chi connectivity index (χ4n) is 3.86. The number of carbonyl (C=O) groups excluding carboxylic acids is 1. The molecule has 2 aliphatic rings. The van der Waals surface area contributed by atoms with Crippen molar-refractivity contribution in [1.82, 2.24) is 10.6 Å². The Morgan fingerprint density at radius 3 is 2.12 bits per heavy atom. The summed E-state index contributed by atoms with van der Waals surface area (Å²) >= 11 is 0. The molecule has 0 spiro atoms. The number of rotatable bonds is 5. The molecule has 1 amide bonds. The molecule has 3 rings (SSSR count). The number of nitrogens with one attached hydrogen (secondary N) is 2. The standard InChI is InChI=1S/C18H26N2O4/c1-22-15-7-11(8-16(23-2)17(15)24-3)18(21)20-14-9-12-5-4-6-13(10-14)19-12/h7-8,12-14,19H,4-6,9-10H2,1-3H3,(H,20,21)/t12-,13-/m1/s1. The van der Waals surface area contributed by atoms with E-state index < -0.39 is 0 Å². The van der Waals surface area contributed by atoms with Crippen LogP contribution in [0.4, 0.5) is 0 Å². The van der Waals surface area contributed by atoms with Crippen molar-refractivity contribution in [2.75, 3.05) is 21.3 Å². The Bertz CT molecular complexity index is 568. The molecule has 0 unspecified atom stereocenters. The summed E-state index contributed by atoms with van der Waals surface area (Å²) in [4.78, 5) is 12.7. The predicted molar refractivity (Wildman–Crippen MR) is 91.1 cm³/mol. The first kappa shape index (κ1) is 16.9. The topological polar surface area (TPSA) is 68.8 Å². The van der Waals surface area contributed by atoms with Crippen LogP contribution in [0.1, 0.15) is 42.5 Å². The fourth-order valence-corrected chi connectivity index (χ4v) is 3.86. The van der Waals surface area contributed by atoms with Gasteiger partial charge in [0.05, 0.1) is 21.3 Å². The molecule has 1 aromatic carbocycles. The molecule has 0 aromatic heterocycles. The van der Waals surface area contributed by atoms with E-state index in [1.54, 1.807) is 33.5 Å². The zero-order valence-corrected chi connectivity index (χ0v) is 14.6. The van der Waals surface area contributed by atoms with Crippen molar-refractivity contribution < 1.29 is 19.0 Å². The van der Waals surface area contributed by atoms with Crippen molar-refractivity contribution in [3.8, 4) is 17.2 Å². The summed E-state index contributed by atoms with van der Waals surface area (Å²) in [5.74, 6) is 1.38. The molecule has 6 heteroatoms. The molecular weight excluding hydrogens is 308 g/mol. The molecule has 2 bridgehead atoms. The van der Waals surface area contributed by atoms with Crippen molar-refractivity contribution in [3.05, 3.63) is 17.7 Å². The zero-order valence-electron chi connectivity index (χ0n) is 14.6. The predicted octanol–water partition coefficient (Wildman–Crippen LogP) is 2.12. The van der Waals surface area contributed by atoms with Gasteiger partial charge in [-0.25, -0.2) is 0 Å². The molecule has 2 fully saturated rings. The first-order chi connectivity index (χ1) is 11.6. The maximum atomic E-state index is 12.7. The fraction of sp³-hybridized carbons (Fsp3) is 0.611. The van der Waals surface area contributed by atoms with Crippen LogP contribution < -0.4 is 24.8 Å². The van der Waals surface area contributed by atoms with Gasteiger partial charge in [-0.15, -0.1) is 0 Å². The van der Waals surface area contributed by atoms with Crippen LogP contribution in [-0.2, 0) is 0 Å². The highest BCUT2D eigenvalue weighted by Gasteiger charge is 2.32. The maximum absolute atomic E-state index is 12.7. The molecular formula is C18H26N2O4. The first-order valence-electron chi connectivity index (χ1n) is 8.51. The van der Waals surface area contributed by atoms with E-state index in [0.29, 0.717) is 34.9 Å². The van der Waals surface area contributed by atoms with Gasteiger partial charge in [0.1, 0.15) is 0 Å². The van der Waals surface area contributed by atoms with Crippen LogP contribution >= 0.6 is 0 Å². The summed E-state index contributed by atoms with van der Waals surface area (Å²) in [5, 5.41) is 6.81. The second kappa shape index (κ2) is 7.30. The van der Waals surface area contributed by atoms with E-state index in [0.717, 1.165) is 12.8 Å². The van der Waals surface area contributed by atoms with Crippen LogP contribution in [0.2, 0.25) is 0 Å². The average molecular weight is 334 g/mol. The van der Waals surface area contributed by atoms with Crippen LogP contribution in [0.15, 0.2) is 12.1 Å². The first-order valence-corrected chi connectivity index (χ1v) is 8.51. The molecule has 0 saturated carbocycles. The number of ether oxygens (including phenoxy) is 3. The summed E-state index contributed by atoms with van der Waals surface area (Å²) in [7, 11) is 4.65. The smallest absolute Gasteiger partial charge is 0.251 e. The molecule has 2 atom stereocenters. The second-order valence-electron chi connectivity index (χ2n) is 6.55. The number of hydrogen-bond acceptors (Lipinski definition) is 5. The van der Waals surface area contributed by atoms with Gasteiger partial charge < -0.3 is 24.8 Å². The number of piperidine rings is 2. The van der Waals surface area contributed by atoms with Crippen LogP contribution in [0, 0.1) is 0 Å². The number of methoxy groups -OCH3 is 3. The minimum Gasteiger partial charge on any atom is -0.493 e. The Morgan fingerprint density at radius 1 is 1.04 bits per heavy atom. The van der Waals surface area contributed by atoms with Gasteiger partial charge in [-0.2, -0.15) is 0 Å². The van der Waals surface area contributed by atoms with Gasteiger partial charge >= 0.3 is 0 Å². The lowest BCUT2D eigenvalue weighted by Crippen LogP contribution is -2.54. The van der Waals surface area contributed by atoms with E-state index in [9.17, 15) is 4.79 Å². The van der Waals surface area contributed by atoms with Gasteiger partial charge in [0.15, 0.2) is 11.5 Å². The second-order valence-corrected chi connectivity index (χ2v) is 6.55. The van der Waals surface area contributed by atoms with E-state index in [-0.39, 0.29) is 11.9 Å². The SMILES string of the molecule is COc1cc(C(=O)NC2C[C@H]3CCC[C@H](C2)N3)cc(OC)c1OC. The van der Waals surface area contributed by atoms with Gasteiger partial charge in [0.25, 0.3) is 5.91 Å². The number of hydrogen-bond donors (Lipinski definition) is 2. The monoisotopic (exact) mass is 334 g/mol. The largest absolute Gasteiger partial charge is 0.493 e. The molecule has 0 aliphatic carbocycles. The summed E-state index contributed by atoms with van der Waals surface area (Å²) in [6.45, 7) is 0. The lowest BCUT2D eigenvalue weighted by Gasteiger charge is -2.40. The van der Waals surface area contributed by atoms with E-state index in [2.05, 4.69) is 10.6 Å². The van der Waals surface area contributed by atoms with Crippen molar-refractivity contribution in [2.45, 2.75) is 50.2 Å². The third-order valence-corrected chi connectivity index (χ3v) is 4.98. The van der Waals surface area contributed by atoms with Gasteiger partial charge in [-0.05, 0) is 37.8 Å². The maximum Gasteiger partial charge on any atom is 0.251 e. The lowest BCUT2D eigenvalue weighted by atomic mass is 9.84. The highest BCUT2D eigenvalue weighted by atomic mass is 16.5. The quantitative estimate of drug-likeness (QED) is 0.863.